The Morgan fingerprint density at radius 2 is 1.82 bits per heavy atom. The number of benzene rings is 1. The topological polar surface area (TPSA) is 12.0 Å². The van der Waals surface area contributed by atoms with Gasteiger partial charge in [-0.3, -0.25) is 0 Å². The van der Waals surface area contributed by atoms with E-state index in [4.69, 9.17) is 0 Å². The average molecular weight is 251 g/mol. The van der Waals surface area contributed by atoms with Crippen LogP contribution in [0, 0.1) is 0 Å². The van der Waals surface area contributed by atoms with E-state index in [2.05, 4.69) is 68.2 Å². The van der Waals surface area contributed by atoms with E-state index in [1.165, 1.54) is 17.7 Å². The van der Waals surface area contributed by atoms with Gasteiger partial charge in [0, 0.05) is 11.3 Å². The van der Waals surface area contributed by atoms with Gasteiger partial charge in [0.25, 0.3) is 0 Å². The van der Waals surface area contributed by atoms with Crippen LogP contribution in [0.25, 0.3) is 0 Å². The molecular weight excluding hydrogens is 226 g/mol. The zero-order chi connectivity index (χ0) is 12.7. The molecular formula is C15H25NS. The minimum atomic E-state index is 0.376. The van der Waals surface area contributed by atoms with E-state index in [0.29, 0.717) is 10.7 Å². The molecule has 0 heterocycles. The lowest BCUT2D eigenvalue weighted by Gasteiger charge is -2.21. The van der Waals surface area contributed by atoms with Gasteiger partial charge in [0.05, 0.1) is 0 Å². The molecule has 1 nitrogen and oxygen atoms in total. The van der Waals surface area contributed by atoms with Crippen molar-refractivity contribution in [1.82, 2.24) is 5.32 Å². The zero-order valence-electron chi connectivity index (χ0n) is 11.5. The fourth-order valence-electron chi connectivity index (χ4n) is 1.87. The molecule has 1 aromatic carbocycles. The third-order valence-electron chi connectivity index (χ3n) is 2.72. The molecule has 0 radical (unpaired) electrons. The van der Waals surface area contributed by atoms with Crippen LogP contribution in [-0.2, 0) is 0 Å². The van der Waals surface area contributed by atoms with Gasteiger partial charge >= 0.3 is 0 Å². The molecule has 17 heavy (non-hydrogen) atoms. The summed E-state index contributed by atoms with van der Waals surface area (Å²) < 4.78 is 0.376. The lowest BCUT2D eigenvalue weighted by molar-refractivity contribution is 0.614. The summed E-state index contributed by atoms with van der Waals surface area (Å²) in [6.07, 6.45) is 1.24. The van der Waals surface area contributed by atoms with Crippen LogP contribution < -0.4 is 5.32 Å². The summed E-state index contributed by atoms with van der Waals surface area (Å²) in [5, 5.41) is 3.30. The Balaban J connectivity index is 2.50. The second-order valence-corrected chi connectivity index (χ2v) is 7.34. The van der Waals surface area contributed by atoms with Gasteiger partial charge in [0.15, 0.2) is 0 Å². The molecule has 0 aliphatic heterocycles. The van der Waals surface area contributed by atoms with Gasteiger partial charge in [-0.05, 0) is 30.7 Å². The van der Waals surface area contributed by atoms with Crippen molar-refractivity contribution in [2.45, 2.75) is 37.9 Å². The molecule has 0 saturated carbocycles. The Morgan fingerprint density at radius 3 is 2.35 bits per heavy atom. The van der Waals surface area contributed by atoms with Crippen molar-refractivity contribution < 1.29 is 0 Å². The summed E-state index contributed by atoms with van der Waals surface area (Å²) in [6, 6.07) is 10.8. The van der Waals surface area contributed by atoms with Crippen LogP contribution in [0.5, 0.6) is 0 Å². The summed E-state index contributed by atoms with van der Waals surface area (Å²) in [7, 11) is 2.03. The normalized spacial score (nSPS) is 13.6. The van der Waals surface area contributed by atoms with E-state index in [0.717, 1.165) is 6.54 Å². The van der Waals surface area contributed by atoms with E-state index in [1.54, 1.807) is 0 Å². The third kappa shape index (κ3) is 6.13. The fourth-order valence-corrected chi connectivity index (χ4v) is 2.88. The van der Waals surface area contributed by atoms with Crippen molar-refractivity contribution in [3.8, 4) is 0 Å². The summed E-state index contributed by atoms with van der Waals surface area (Å²) in [4.78, 5) is 0. The second-order valence-electron chi connectivity index (χ2n) is 5.41. The molecule has 0 amide bonds. The maximum atomic E-state index is 3.30. The first-order chi connectivity index (χ1) is 8.03. The van der Waals surface area contributed by atoms with Gasteiger partial charge in [-0.25, -0.2) is 0 Å². The zero-order valence-corrected chi connectivity index (χ0v) is 12.3. The highest BCUT2D eigenvalue weighted by Gasteiger charge is 2.14. The maximum Gasteiger partial charge on any atom is 0.00750 e. The molecule has 2 heteroatoms. The summed E-state index contributed by atoms with van der Waals surface area (Å²) in [6.45, 7) is 7.92. The lowest BCUT2D eigenvalue weighted by Crippen LogP contribution is -2.19. The Hall–Kier alpha value is -0.470. The lowest BCUT2D eigenvalue weighted by atomic mass is 9.96. The predicted molar refractivity (Wildman–Crippen MR) is 79.9 cm³/mol. The van der Waals surface area contributed by atoms with Crippen molar-refractivity contribution in [2.24, 2.45) is 0 Å². The molecule has 0 fully saturated rings. The van der Waals surface area contributed by atoms with E-state index in [-0.39, 0.29) is 0 Å². The van der Waals surface area contributed by atoms with Crippen molar-refractivity contribution in [2.75, 3.05) is 19.3 Å². The Labute approximate surface area is 110 Å². The van der Waals surface area contributed by atoms with Gasteiger partial charge in [-0.2, -0.15) is 11.8 Å². The molecule has 0 aliphatic carbocycles. The predicted octanol–water partition coefficient (Wildman–Crippen LogP) is 3.91. The van der Waals surface area contributed by atoms with Crippen molar-refractivity contribution in [3.05, 3.63) is 35.9 Å². The Bertz CT molecular complexity index is 302. The number of thioether (sulfide) groups is 1. The molecule has 0 aliphatic rings. The molecule has 1 rings (SSSR count). The van der Waals surface area contributed by atoms with Gasteiger partial charge in [0.1, 0.15) is 0 Å². The van der Waals surface area contributed by atoms with Crippen LogP contribution in [0.3, 0.4) is 0 Å². The molecule has 0 saturated heterocycles. The van der Waals surface area contributed by atoms with Crippen LogP contribution in [0.2, 0.25) is 0 Å². The van der Waals surface area contributed by atoms with Gasteiger partial charge in [-0.15, -0.1) is 0 Å². The molecule has 1 aromatic rings. The van der Waals surface area contributed by atoms with Crippen LogP contribution in [0.1, 0.15) is 38.7 Å². The fraction of sp³-hybridized carbons (Fsp3) is 0.600. The highest BCUT2D eigenvalue weighted by molar-refractivity contribution is 8.00. The number of nitrogens with one attached hydrogen (secondary N) is 1. The second kappa shape index (κ2) is 7.07. The van der Waals surface area contributed by atoms with E-state index < -0.39 is 0 Å². The van der Waals surface area contributed by atoms with E-state index in [1.807, 2.05) is 7.05 Å². The van der Waals surface area contributed by atoms with Crippen LogP contribution >= 0.6 is 11.8 Å². The molecule has 0 bridgehead atoms. The van der Waals surface area contributed by atoms with Crippen LogP contribution in [0.4, 0.5) is 0 Å². The van der Waals surface area contributed by atoms with Crippen molar-refractivity contribution >= 4 is 11.8 Å². The van der Waals surface area contributed by atoms with Gasteiger partial charge < -0.3 is 5.32 Å². The summed E-state index contributed by atoms with van der Waals surface area (Å²) in [5.74, 6) is 1.86. The van der Waals surface area contributed by atoms with E-state index in [9.17, 15) is 0 Å². The number of hydrogen-bond acceptors (Lipinski definition) is 2. The highest BCUT2D eigenvalue weighted by Crippen LogP contribution is 2.27. The quantitative estimate of drug-likeness (QED) is 0.822. The molecule has 0 aromatic heterocycles. The molecule has 96 valence electrons. The van der Waals surface area contributed by atoms with Crippen LogP contribution in [0.15, 0.2) is 30.3 Å². The maximum absolute atomic E-state index is 3.30. The van der Waals surface area contributed by atoms with Crippen molar-refractivity contribution in [3.63, 3.8) is 0 Å². The smallest absolute Gasteiger partial charge is 0.00750 e. The number of hydrogen-bond donors (Lipinski definition) is 1. The van der Waals surface area contributed by atoms with Crippen molar-refractivity contribution in [1.29, 1.82) is 0 Å². The van der Waals surface area contributed by atoms with Crippen LogP contribution in [-0.4, -0.2) is 24.1 Å². The molecule has 1 unspecified atom stereocenters. The SMILES string of the molecule is CNCC(CCSC(C)(C)C)c1ccccc1. The standard InChI is InChI=1S/C15H25NS/c1-15(2,3)17-11-10-14(12-16-4)13-8-6-5-7-9-13/h5-9,14,16H,10-12H2,1-4H3. The molecule has 1 atom stereocenters. The highest BCUT2D eigenvalue weighted by atomic mass is 32.2. The largest absolute Gasteiger partial charge is 0.319 e. The number of rotatable bonds is 6. The summed E-state index contributed by atoms with van der Waals surface area (Å²) in [5.41, 5.74) is 1.45. The first kappa shape index (κ1) is 14.6. The monoisotopic (exact) mass is 251 g/mol. The minimum absolute atomic E-state index is 0.376. The minimum Gasteiger partial charge on any atom is -0.319 e. The first-order valence-corrected chi connectivity index (χ1v) is 7.35. The summed E-state index contributed by atoms with van der Waals surface area (Å²) >= 11 is 2.05. The number of likely N-dealkylation sites (N-methyl/N-ethyl adjacent to an activating group) is 1. The van der Waals surface area contributed by atoms with E-state index >= 15 is 0 Å². The third-order valence-corrected chi connectivity index (χ3v) is 4.03. The Kier molecular flexibility index (Phi) is 6.07. The molecule has 0 spiro atoms. The first-order valence-electron chi connectivity index (χ1n) is 6.36. The van der Waals surface area contributed by atoms with Gasteiger partial charge in [0.2, 0.25) is 0 Å². The molecule has 1 N–H and O–H groups in total. The van der Waals surface area contributed by atoms with Gasteiger partial charge in [-0.1, -0.05) is 51.1 Å². The average Bonchev–Trinajstić information content (AvgIpc) is 2.27. The Morgan fingerprint density at radius 1 is 1.18 bits per heavy atom.